The number of hydrogen-bond acceptors (Lipinski definition) is 5. The minimum absolute atomic E-state index is 0.0724. The summed E-state index contributed by atoms with van der Waals surface area (Å²) in [7, 11) is 0. The van der Waals surface area contributed by atoms with Crippen LogP contribution in [0.15, 0.2) is 72.9 Å². The molecule has 0 spiro atoms. The number of rotatable bonds is 52. The van der Waals surface area contributed by atoms with Gasteiger partial charge in [-0.3, -0.25) is 9.59 Å². The van der Waals surface area contributed by atoms with Crippen molar-refractivity contribution in [1.29, 1.82) is 0 Å². The van der Waals surface area contributed by atoms with E-state index in [2.05, 4.69) is 93.7 Å². The molecule has 0 aliphatic rings. The molecule has 382 valence electrons. The third-order valence-electron chi connectivity index (χ3n) is 12.2. The molecule has 0 aromatic carbocycles. The van der Waals surface area contributed by atoms with Crippen LogP contribution in [0.25, 0.3) is 0 Å². The fourth-order valence-electron chi connectivity index (χ4n) is 7.96. The van der Waals surface area contributed by atoms with Gasteiger partial charge in [0, 0.05) is 19.4 Å². The average molecular weight is 922 g/mol. The standard InChI is InChI=1S/C61H108O5/c1-4-7-10-13-16-19-22-25-28-29-30-31-32-35-38-41-44-47-50-53-56-64-57-59(66-61(63)55-52-49-46-43-40-37-34-27-24-21-18-15-12-9-6-3)58-65-60(62)54-51-48-45-42-39-36-33-26-23-20-17-14-11-8-5-2/h7,10,16,19,25-28,30-31,33-34,59H,4-6,8-9,11-15,17-18,20-24,29,32,35-58H2,1-3H3/b10-7-,19-16-,28-25-,31-30-,33-26-,34-27-. The SMILES string of the molecule is CC/C=C\C/C=C\C/C=C\C/C=C\CCCCCCCCCOCC(COC(=O)CCCCCCC/C=C\CCCCCCCC)OC(=O)CCCCCCC/C=C\CCCCCCCC. The minimum atomic E-state index is -0.552. The van der Waals surface area contributed by atoms with Gasteiger partial charge in [-0.15, -0.1) is 0 Å². The van der Waals surface area contributed by atoms with E-state index in [0.29, 0.717) is 19.4 Å². The Bertz CT molecular complexity index is 1180. The van der Waals surface area contributed by atoms with E-state index >= 15 is 0 Å². The van der Waals surface area contributed by atoms with Gasteiger partial charge in [0.25, 0.3) is 0 Å². The van der Waals surface area contributed by atoms with Crippen LogP contribution in [-0.4, -0.2) is 37.9 Å². The van der Waals surface area contributed by atoms with Gasteiger partial charge in [0.05, 0.1) is 6.61 Å². The third-order valence-corrected chi connectivity index (χ3v) is 12.2. The van der Waals surface area contributed by atoms with E-state index in [9.17, 15) is 9.59 Å². The second-order valence-corrected chi connectivity index (χ2v) is 18.8. The fraction of sp³-hybridized carbons (Fsp3) is 0.770. The highest BCUT2D eigenvalue weighted by molar-refractivity contribution is 5.70. The van der Waals surface area contributed by atoms with Crippen LogP contribution in [0.3, 0.4) is 0 Å². The molecule has 1 atom stereocenters. The minimum Gasteiger partial charge on any atom is -0.462 e. The predicted octanol–water partition coefficient (Wildman–Crippen LogP) is 19.5. The summed E-state index contributed by atoms with van der Waals surface area (Å²) in [6.07, 6.45) is 73.5. The molecule has 66 heavy (non-hydrogen) atoms. The molecule has 0 aliphatic carbocycles. The zero-order valence-corrected chi connectivity index (χ0v) is 44.0. The second kappa shape index (κ2) is 56.7. The number of unbranched alkanes of at least 4 members (excludes halogenated alkanes) is 29. The molecule has 0 N–H and O–H groups in total. The molecule has 0 rings (SSSR count). The first-order valence-corrected chi connectivity index (χ1v) is 28.5. The molecule has 0 radical (unpaired) electrons. The van der Waals surface area contributed by atoms with E-state index in [1.54, 1.807) is 0 Å². The van der Waals surface area contributed by atoms with Gasteiger partial charge in [-0.05, 0) is 109 Å². The molecule has 5 nitrogen and oxygen atoms in total. The second-order valence-electron chi connectivity index (χ2n) is 18.8. The molecule has 0 bridgehead atoms. The van der Waals surface area contributed by atoms with Crippen molar-refractivity contribution in [3.63, 3.8) is 0 Å². The van der Waals surface area contributed by atoms with Crippen molar-refractivity contribution in [3.8, 4) is 0 Å². The van der Waals surface area contributed by atoms with Crippen LogP contribution in [0.5, 0.6) is 0 Å². The van der Waals surface area contributed by atoms with Crippen LogP contribution in [-0.2, 0) is 23.8 Å². The van der Waals surface area contributed by atoms with Gasteiger partial charge < -0.3 is 14.2 Å². The maximum absolute atomic E-state index is 12.8. The first kappa shape index (κ1) is 63.3. The average Bonchev–Trinajstić information content (AvgIpc) is 3.32. The van der Waals surface area contributed by atoms with Crippen LogP contribution in [0.1, 0.15) is 278 Å². The molecule has 0 aromatic rings. The monoisotopic (exact) mass is 921 g/mol. The van der Waals surface area contributed by atoms with Gasteiger partial charge in [0.15, 0.2) is 6.10 Å². The lowest BCUT2D eigenvalue weighted by Crippen LogP contribution is -2.30. The summed E-state index contributed by atoms with van der Waals surface area (Å²) in [5.74, 6) is -0.416. The molecular weight excluding hydrogens is 813 g/mol. The van der Waals surface area contributed by atoms with Crippen LogP contribution < -0.4 is 0 Å². The topological polar surface area (TPSA) is 61.8 Å². The largest absolute Gasteiger partial charge is 0.462 e. The van der Waals surface area contributed by atoms with Crippen LogP contribution in [0.2, 0.25) is 0 Å². The van der Waals surface area contributed by atoms with Gasteiger partial charge in [-0.2, -0.15) is 0 Å². The molecule has 0 saturated carbocycles. The Kier molecular flexibility index (Phi) is 54.4. The van der Waals surface area contributed by atoms with E-state index < -0.39 is 6.10 Å². The lowest BCUT2D eigenvalue weighted by Gasteiger charge is -2.18. The first-order chi connectivity index (χ1) is 32.6. The molecule has 0 saturated heterocycles. The Balaban J connectivity index is 4.31. The van der Waals surface area contributed by atoms with Crippen LogP contribution in [0, 0.1) is 0 Å². The van der Waals surface area contributed by atoms with Crippen LogP contribution >= 0.6 is 0 Å². The smallest absolute Gasteiger partial charge is 0.306 e. The van der Waals surface area contributed by atoms with Gasteiger partial charge in [-0.1, -0.05) is 229 Å². The van der Waals surface area contributed by atoms with E-state index in [1.807, 2.05) is 0 Å². The Labute approximate surface area is 410 Å². The first-order valence-electron chi connectivity index (χ1n) is 28.5. The molecule has 0 aliphatic heterocycles. The lowest BCUT2D eigenvalue weighted by molar-refractivity contribution is -0.163. The quantitative estimate of drug-likeness (QED) is 0.0346. The maximum Gasteiger partial charge on any atom is 0.306 e. The zero-order chi connectivity index (χ0) is 47.7. The number of hydrogen-bond donors (Lipinski definition) is 0. The summed E-state index contributed by atoms with van der Waals surface area (Å²) in [6, 6.07) is 0. The van der Waals surface area contributed by atoms with Crippen molar-refractivity contribution in [2.24, 2.45) is 0 Å². The Morgan fingerprint density at radius 2 is 0.682 bits per heavy atom. The Morgan fingerprint density at radius 1 is 0.348 bits per heavy atom. The molecule has 0 fully saturated rings. The van der Waals surface area contributed by atoms with Gasteiger partial charge in [-0.25, -0.2) is 0 Å². The number of allylic oxidation sites excluding steroid dienone is 12. The molecule has 5 heteroatoms. The normalized spacial score (nSPS) is 12.7. The highest BCUT2D eigenvalue weighted by Crippen LogP contribution is 2.14. The van der Waals surface area contributed by atoms with Crippen molar-refractivity contribution in [2.75, 3.05) is 19.8 Å². The number of esters is 2. The predicted molar refractivity (Wildman–Crippen MR) is 288 cm³/mol. The van der Waals surface area contributed by atoms with E-state index in [4.69, 9.17) is 14.2 Å². The summed E-state index contributed by atoms with van der Waals surface area (Å²) in [4.78, 5) is 25.5. The summed E-state index contributed by atoms with van der Waals surface area (Å²) in [5, 5.41) is 0. The summed E-state index contributed by atoms with van der Waals surface area (Å²) >= 11 is 0. The Morgan fingerprint density at radius 3 is 1.11 bits per heavy atom. The fourth-order valence-corrected chi connectivity index (χ4v) is 7.96. The zero-order valence-electron chi connectivity index (χ0n) is 44.0. The molecule has 1 unspecified atom stereocenters. The van der Waals surface area contributed by atoms with Crippen LogP contribution in [0.4, 0.5) is 0 Å². The number of carbonyl (C=O) groups excluding carboxylic acids is 2. The summed E-state index contributed by atoms with van der Waals surface area (Å²) < 4.78 is 17.5. The van der Waals surface area contributed by atoms with Crippen molar-refractivity contribution in [2.45, 2.75) is 284 Å². The van der Waals surface area contributed by atoms with Gasteiger partial charge in [0.1, 0.15) is 6.61 Å². The van der Waals surface area contributed by atoms with Crippen molar-refractivity contribution < 1.29 is 23.8 Å². The summed E-state index contributed by atoms with van der Waals surface area (Å²) in [6.45, 7) is 7.69. The molecular formula is C61H108O5. The van der Waals surface area contributed by atoms with Gasteiger partial charge in [0.2, 0.25) is 0 Å². The lowest BCUT2D eigenvalue weighted by atomic mass is 10.1. The van der Waals surface area contributed by atoms with E-state index in [-0.39, 0.29) is 25.2 Å². The number of carbonyl (C=O) groups is 2. The summed E-state index contributed by atoms with van der Waals surface area (Å²) in [5.41, 5.74) is 0. The van der Waals surface area contributed by atoms with Crippen molar-refractivity contribution >= 4 is 11.9 Å². The Hall–Kier alpha value is -2.66. The van der Waals surface area contributed by atoms with E-state index in [1.165, 1.54) is 154 Å². The highest BCUT2D eigenvalue weighted by atomic mass is 16.6. The van der Waals surface area contributed by atoms with Gasteiger partial charge >= 0.3 is 11.9 Å². The molecule has 0 aromatic heterocycles. The van der Waals surface area contributed by atoms with Crippen molar-refractivity contribution in [1.82, 2.24) is 0 Å². The maximum atomic E-state index is 12.8. The van der Waals surface area contributed by atoms with Crippen molar-refractivity contribution in [3.05, 3.63) is 72.9 Å². The highest BCUT2D eigenvalue weighted by Gasteiger charge is 2.17. The number of ether oxygens (including phenoxy) is 3. The van der Waals surface area contributed by atoms with E-state index in [0.717, 1.165) is 89.9 Å². The third kappa shape index (κ3) is 54.0. The molecule has 0 heterocycles. The molecule has 0 amide bonds.